The number of urea groups is 1. The van der Waals surface area contributed by atoms with E-state index in [1.165, 1.54) is 12.0 Å². The molecule has 1 saturated heterocycles. The number of ether oxygens (including phenoxy) is 1. The maximum Gasteiger partial charge on any atom is 0.319 e. The SMILES string of the molecule is COC(=O)C(C)C1(O)CCN(C(=O)N(C)C)CC1. The van der Waals surface area contributed by atoms with E-state index in [0.29, 0.717) is 25.9 Å². The molecule has 0 bridgehead atoms. The number of carbonyl (C=O) groups excluding carboxylic acids is 2. The van der Waals surface area contributed by atoms with Crippen LogP contribution in [0, 0.1) is 5.92 Å². The monoisotopic (exact) mass is 258 g/mol. The summed E-state index contributed by atoms with van der Waals surface area (Å²) in [6.07, 6.45) is 0.783. The van der Waals surface area contributed by atoms with E-state index in [1.807, 2.05) is 0 Å². The Morgan fingerprint density at radius 3 is 2.22 bits per heavy atom. The molecule has 0 spiro atoms. The largest absolute Gasteiger partial charge is 0.469 e. The highest BCUT2D eigenvalue weighted by molar-refractivity contribution is 5.75. The van der Waals surface area contributed by atoms with Crippen LogP contribution in [0.15, 0.2) is 0 Å². The smallest absolute Gasteiger partial charge is 0.319 e. The molecular formula is C12H22N2O4. The summed E-state index contributed by atoms with van der Waals surface area (Å²) in [6, 6.07) is -0.0669. The van der Waals surface area contributed by atoms with Crippen molar-refractivity contribution in [1.82, 2.24) is 9.80 Å². The van der Waals surface area contributed by atoms with Gasteiger partial charge in [-0.15, -0.1) is 0 Å². The van der Waals surface area contributed by atoms with Crippen molar-refractivity contribution in [3.63, 3.8) is 0 Å². The Bertz CT molecular complexity index is 322. The molecule has 104 valence electrons. The second kappa shape index (κ2) is 5.56. The number of likely N-dealkylation sites (tertiary alicyclic amines) is 1. The maximum absolute atomic E-state index is 11.7. The molecule has 1 rings (SSSR count). The van der Waals surface area contributed by atoms with Crippen LogP contribution in [0.3, 0.4) is 0 Å². The molecule has 6 heteroatoms. The number of nitrogens with zero attached hydrogens (tertiary/aromatic N) is 2. The number of methoxy groups -OCH3 is 1. The van der Waals surface area contributed by atoms with E-state index < -0.39 is 17.5 Å². The van der Waals surface area contributed by atoms with E-state index in [4.69, 9.17) is 0 Å². The summed E-state index contributed by atoms with van der Waals surface area (Å²) in [5.41, 5.74) is -1.07. The fourth-order valence-corrected chi connectivity index (χ4v) is 2.20. The lowest BCUT2D eigenvalue weighted by atomic mass is 9.80. The van der Waals surface area contributed by atoms with Gasteiger partial charge in [-0.3, -0.25) is 4.79 Å². The van der Waals surface area contributed by atoms with Crippen LogP contribution in [-0.2, 0) is 9.53 Å². The third-order valence-electron chi connectivity index (χ3n) is 3.64. The van der Waals surface area contributed by atoms with E-state index in [9.17, 15) is 14.7 Å². The van der Waals surface area contributed by atoms with Gasteiger partial charge in [0.25, 0.3) is 0 Å². The minimum absolute atomic E-state index is 0.0669. The molecule has 1 aliphatic rings. The number of hydrogen-bond acceptors (Lipinski definition) is 4. The number of carbonyl (C=O) groups is 2. The van der Waals surface area contributed by atoms with Crippen LogP contribution >= 0.6 is 0 Å². The lowest BCUT2D eigenvalue weighted by molar-refractivity contribution is -0.157. The number of piperidine rings is 1. The fourth-order valence-electron chi connectivity index (χ4n) is 2.20. The standard InChI is InChI=1S/C12H22N2O4/c1-9(10(15)18-4)12(17)5-7-14(8-6-12)11(16)13(2)3/h9,17H,5-8H2,1-4H3. The molecule has 1 atom stereocenters. The molecule has 0 aromatic heterocycles. The summed E-state index contributed by atoms with van der Waals surface area (Å²) in [5.74, 6) is -0.982. The van der Waals surface area contributed by atoms with E-state index in [2.05, 4.69) is 4.74 Å². The summed E-state index contributed by atoms with van der Waals surface area (Å²) in [7, 11) is 4.70. The van der Waals surface area contributed by atoms with Gasteiger partial charge in [0.05, 0.1) is 18.6 Å². The van der Waals surface area contributed by atoms with Crippen LogP contribution < -0.4 is 0 Å². The van der Waals surface area contributed by atoms with Gasteiger partial charge in [-0.25, -0.2) is 4.79 Å². The zero-order valence-corrected chi connectivity index (χ0v) is 11.5. The van der Waals surface area contributed by atoms with Crippen molar-refractivity contribution in [2.24, 2.45) is 5.92 Å². The number of aliphatic hydroxyl groups is 1. The molecule has 1 fully saturated rings. The molecule has 0 aromatic carbocycles. The number of hydrogen-bond donors (Lipinski definition) is 1. The van der Waals surface area contributed by atoms with Gasteiger partial charge >= 0.3 is 12.0 Å². The fraction of sp³-hybridized carbons (Fsp3) is 0.833. The number of esters is 1. The summed E-state index contributed by atoms with van der Waals surface area (Å²) in [6.45, 7) is 2.57. The van der Waals surface area contributed by atoms with Crippen LogP contribution in [0.5, 0.6) is 0 Å². The lowest BCUT2D eigenvalue weighted by Crippen LogP contribution is -2.53. The Hall–Kier alpha value is -1.30. The molecule has 0 aliphatic carbocycles. The Kier molecular flexibility index (Phi) is 4.56. The average Bonchev–Trinajstić information content (AvgIpc) is 2.36. The van der Waals surface area contributed by atoms with Crippen molar-refractivity contribution < 1.29 is 19.4 Å². The Morgan fingerprint density at radius 1 is 1.33 bits per heavy atom. The predicted octanol–water partition coefficient (Wildman–Crippen LogP) is 0.304. The van der Waals surface area contributed by atoms with E-state index in [0.717, 1.165) is 0 Å². The first-order valence-corrected chi connectivity index (χ1v) is 6.08. The van der Waals surface area contributed by atoms with Gasteiger partial charge in [0, 0.05) is 27.2 Å². The van der Waals surface area contributed by atoms with Gasteiger partial charge in [0.2, 0.25) is 0 Å². The van der Waals surface area contributed by atoms with Gasteiger partial charge in [-0.05, 0) is 19.8 Å². The zero-order valence-electron chi connectivity index (χ0n) is 11.5. The van der Waals surface area contributed by atoms with Gasteiger partial charge in [-0.1, -0.05) is 0 Å². The summed E-state index contributed by atoms with van der Waals surface area (Å²) in [4.78, 5) is 26.4. The van der Waals surface area contributed by atoms with Crippen molar-refractivity contribution in [3.8, 4) is 0 Å². The molecule has 6 nitrogen and oxygen atoms in total. The minimum Gasteiger partial charge on any atom is -0.469 e. The van der Waals surface area contributed by atoms with Crippen LogP contribution in [0.2, 0.25) is 0 Å². The maximum atomic E-state index is 11.7. The highest BCUT2D eigenvalue weighted by Gasteiger charge is 2.42. The highest BCUT2D eigenvalue weighted by Crippen LogP contribution is 2.30. The molecular weight excluding hydrogens is 236 g/mol. The average molecular weight is 258 g/mol. The molecule has 0 radical (unpaired) electrons. The molecule has 1 N–H and O–H groups in total. The van der Waals surface area contributed by atoms with Crippen LogP contribution in [0.25, 0.3) is 0 Å². The van der Waals surface area contributed by atoms with E-state index in [-0.39, 0.29) is 6.03 Å². The summed E-state index contributed by atoms with van der Waals surface area (Å²) in [5, 5.41) is 10.4. The van der Waals surface area contributed by atoms with Crippen LogP contribution in [0.4, 0.5) is 4.79 Å². The lowest BCUT2D eigenvalue weighted by Gasteiger charge is -2.41. The van der Waals surface area contributed by atoms with Gasteiger partial charge in [-0.2, -0.15) is 0 Å². The van der Waals surface area contributed by atoms with Gasteiger partial charge in [0.15, 0.2) is 0 Å². The molecule has 2 amide bonds. The zero-order chi connectivity index (χ0) is 13.9. The van der Waals surface area contributed by atoms with Crippen LogP contribution in [-0.4, -0.2) is 66.8 Å². The van der Waals surface area contributed by atoms with Gasteiger partial charge in [0.1, 0.15) is 0 Å². The molecule has 18 heavy (non-hydrogen) atoms. The van der Waals surface area contributed by atoms with Crippen molar-refractivity contribution in [1.29, 1.82) is 0 Å². The van der Waals surface area contributed by atoms with Crippen molar-refractivity contribution in [3.05, 3.63) is 0 Å². The highest BCUT2D eigenvalue weighted by atomic mass is 16.5. The quantitative estimate of drug-likeness (QED) is 0.723. The van der Waals surface area contributed by atoms with E-state index >= 15 is 0 Å². The Morgan fingerprint density at radius 2 is 1.83 bits per heavy atom. The van der Waals surface area contributed by atoms with E-state index in [1.54, 1.807) is 25.9 Å². The number of amides is 2. The van der Waals surface area contributed by atoms with Crippen molar-refractivity contribution >= 4 is 12.0 Å². The Labute approximate surface area is 107 Å². The third-order valence-corrected chi connectivity index (χ3v) is 3.64. The van der Waals surface area contributed by atoms with Crippen molar-refractivity contribution in [2.75, 3.05) is 34.3 Å². The van der Waals surface area contributed by atoms with Crippen molar-refractivity contribution in [2.45, 2.75) is 25.4 Å². The molecule has 1 aliphatic heterocycles. The molecule has 1 heterocycles. The molecule has 0 saturated carbocycles. The normalized spacial score (nSPS) is 20.2. The second-order valence-electron chi connectivity index (χ2n) is 5.01. The first-order valence-electron chi connectivity index (χ1n) is 6.08. The summed E-state index contributed by atoms with van der Waals surface area (Å²) < 4.78 is 4.66. The topological polar surface area (TPSA) is 70.1 Å². The number of rotatable bonds is 2. The Balaban J connectivity index is 2.62. The first-order chi connectivity index (χ1) is 8.31. The summed E-state index contributed by atoms with van der Waals surface area (Å²) >= 11 is 0. The minimum atomic E-state index is -1.07. The van der Waals surface area contributed by atoms with Gasteiger partial charge < -0.3 is 19.6 Å². The predicted molar refractivity (Wildman–Crippen MR) is 66.0 cm³/mol. The molecule has 0 aromatic rings. The third kappa shape index (κ3) is 2.93. The first kappa shape index (κ1) is 14.8. The van der Waals surface area contributed by atoms with Crippen LogP contribution in [0.1, 0.15) is 19.8 Å². The molecule has 1 unspecified atom stereocenters. The second-order valence-corrected chi connectivity index (χ2v) is 5.01.